The van der Waals surface area contributed by atoms with Crippen molar-refractivity contribution < 1.29 is 14.3 Å². The summed E-state index contributed by atoms with van der Waals surface area (Å²) in [6.45, 7) is 4.53. The predicted molar refractivity (Wildman–Crippen MR) is 90.3 cm³/mol. The second kappa shape index (κ2) is 8.06. The van der Waals surface area contributed by atoms with Crippen LogP contribution in [0, 0.1) is 11.2 Å². The highest BCUT2D eigenvalue weighted by Crippen LogP contribution is 2.24. The minimum absolute atomic E-state index is 0.0550. The normalized spacial score (nSPS) is 11.5. The van der Waals surface area contributed by atoms with Gasteiger partial charge in [0.2, 0.25) is 5.91 Å². The van der Waals surface area contributed by atoms with Crippen LogP contribution in [-0.2, 0) is 11.2 Å². The Labute approximate surface area is 141 Å². The SMILES string of the molecule is CCC(CC)(CO)CNC(=O)Cc1ccn(-c2ccc(F)cc2)n1. The second-order valence-electron chi connectivity index (χ2n) is 6.05. The molecule has 0 radical (unpaired) electrons. The zero-order chi connectivity index (χ0) is 17.6. The Hall–Kier alpha value is -2.21. The van der Waals surface area contributed by atoms with Crippen molar-refractivity contribution in [2.45, 2.75) is 33.1 Å². The molecule has 0 bridgehead atoms. The predicted octanol–water partition coefficient (Wildman–Crippen LogP) is 2.47. The zero-order valence-corrected chi connectivity index (χ0v) is 14.1. The van der Waals surface area contributed by atoms with Crippen LogP contribution in [0.25, 0.3) is 5.69 Å². The van der Waals surface area contributed by atoms with Crippen LogP contribution in [0.15, 0.2) is 36.5 Å². The topological polar surface area (TPSA) is 67.2 Å². The van der Waals surface area contributed by atoms with Gasteiger partial charge in [-0.1, -0.05) is 13.8 Å². The van der Waals surface area contributed by atoms with Gasteiger partial charge in [-0.15, -0.1) is 0 Å². The summed E-state index contributed by atoms with van der Waals surface area (Å²) in [5, 5.41) is 16.8. The number of nitrogens with zero attached hydrogens (tertiary/aromatic N) is 2. The summed E-state index contributed by atoms with van der Waals surface area (Å²) in [5.74, 6) is -0.427. The van der Waals surface area contributed by atoms with Gasteiger partial charge in [0.05, 0.1) is 24.4 Å². The largest absolute Gasteiger partial charge is 0.396 e. The minimum atomic E-state index is -0.301. The molecule has 0 saturated heterocycles. The molecule has 1 amide bonds. The first kappa shape index (κ1) is 18.1. The summed E-state index contributed by atoms with van der Waals surface area (Å²) >= 11 is 0. The number of carbonyl (C=O) groups excluding carboxylic acids is 1. The van der Waals surface area contributed by atoms with Crippen LogP contribution in [0.2, 0.25) is 0 Å². The number of aromatic nitrogens is 2. The highest BCUT2D eigenvalue weighted by atomic mass is 19.1. The van der Waals surface area contributed by atoms with Gasteiger partial charge in [0, 0.05) is 18.2 Å². The highest BCUT2D eigenvalue weighted by molar-refractivity contribution is 5.78. The fourth-order valence-electron chi connectivity index (χ4n) is 2.49. The molecule has 0 fully saturated rings. The molecule has 2 rings (SSSR count). The molecular formula is C18H24FN3O2. The molecule has 0 aliphatic carbocycles. The molecule has 1 aromatic heterocycles. The van der Waals surface area contributed by atoms with Gasteiger partial charge < -0.3 is 10.4 Å². The van der Waals surface area contributed by atoms with Crippen LogP contribution in [0.4, 0.5) is 4.39 Å². The van der Waals surface area contributed by atoms with E-state index in [2.05, 4.69) is 10.4 Å². The summed E-state index contributed by atoms with van der Waals surface area (Å²) in [4.78, 5) is 12.1. The third kappa shape index (κ3) is 4.41. The van der Waals surface area contributed by atoms with E-state index >= 15 is 0 Å². The smallest absolute Gasteiger partial charge is 0.226 e. The van der Waals surface area contributed by atoms with Gasteiger partial charge in [0.25, 0.3) is 0 Å². The Morgan fingerprint density at radius 2 is 1.92 bits per heavy atom. The number of aliphatic hydroxyl groups is 1. The molecule has 1 aromatic carbocycles. The first-order valence-electron chi connectivity index (χ1n) is 8.20. The average Bonchev–Trinajstić information content (AvgIpc) is 3.05. The molecule has 1 heterocycles. The van der Waals surface area contributed by atoms with Gasteiger partial charge in [0.15, 0.2) is 0 Å². The molecule has 0 saturated carbocycles. The quantitative estimate of drug-likeness (QED) is 0.780. The molecule has 2 N–H and O–H groups in total. The monoisotopic (exact) mass is 333 g/mol. The highest BCUT2D eigenvalue weighted by Gasteiger charge is 2.25. The van der Waals surface area contributed by atoms with E-state index in [1.807, 2.05) is 13.8 Å². The number of rotatable bonds is 8. The van der Waals surface area contributed by atoms with Crippen molar-refractivity contribution in [2.24, 2.45) is 5.41 Å². The van der Waals surface area contributed by atoms with E-state index in [0.717, 1.165) is 18.5 Å². The van der Waals surface area contributed by atoms with Crippen molar-refractivity contribution in [2.75, 3.05) is 13.2 Å². The lowest BCUT2D eigenvalue weighted by Gasteiger charge is -2.29. The number of benzene rings is 1. The van der Waals surface area contributed by atoms with Gasteiger partial charge in [-0.2, -0.15) is 5.10 Å². The molecule has 0 unspecified atom stereocenters. The molecular weight excluding hydrogens is 309 g/mol. The van der Waals surface area contributed by atoms with Gasteiger partial charge >= 0.3 is 0 Å². The summed E-state index contributed by atoms with van der Waals surface area (Å²) in [6, 6.07) is 7.76. The molecule has 0 aliphatic heterocycles. The Morgan fingerprint density at radius 1 is 1.25 bits per heavy atom. The number of amides is 1. The van der Waals surface area contributed by atoms with Gasteiger partial charge in [0.1, 0.15) is 5.82 Å². The van der Waals surface area contributed by atoms with E-state index in [-0.39, 0.29) is 30.2 Å². The van der Waals surface area contributed by atoms with Gasteiger partial charge in [-0.05, 0) is 43.2 Å². The average molecular weight is 333 g/mol. The maximum atomic E-state index is 12.9. The van der Waals surface area contributed by atoms with Crippen LogP contribution in [-0.4, -0.2) is 33.9 Å². The fourth-order valence-corrected chi connectivity index (χ4v) is 2.49. The summed E-state index contributed by atoms with van der Waals surface area (Å²) in [6.07, 6.45) is 3.52. The second-order valence-corrected chi connectivity index (χ2v) is 6.05. The summed E-state index contributed by atoms with van der Waals surface area (Å²) in [5.41, 5.74) is 1.11. The van der Waals surface area contributed by atoms with Crippen molar-refractivity contribution >= 4 is 5.91 Å². The lowest BCUT2D eigenvalue weighted by atomic mass is 9.83. The number of carbonyl (C=O) groups is 1. The Kier molecular flexibility index (Phi) is 6.09. The van der Waals surface area contributed by atoms with Crippen molar-refractivity contribution in [1.29, 1.82) is 0 Å². The fraction of sp³-hybridized carbons (Fsp3) is 0.444. The molecule has 130 valence electrons. The number of aliphatic hydroxyl groups excluding tert-OH is 1. The molecule has 24 heavy (non-hydrogen) atoms. The Bertz CT molecular complexity index is 655. The lowest BCUT2D eigenvalue weighted by molar-refractivity contribution is -0.121. The third-order valence-electron chi connectivity index (χ3n) is 4.57. The van der Waals surface area contributed by atoms with Gasteiger partial charge in [-0.25, -0.2) is 9.07 Å². The van der Waals surface area contributed by atoms with E-state index in [9.17, 15) is 14.3 Å². The van der Waals surface area contributed by atoms with Crippen LogP contribution < -0.4 is 5.32 Å². The first-order valence-corrected chi connectivity index (χ1v) is 8.20. The zero-order valence-electron chi connectivity index (χ0n) is 14.1. The van der Waals surface area contributed by atoms with E-state index < -0.39 is 0 Å². The van der Waals surface area contributed by atoms with Crippen LogP contribution >= 0.6 is 0 Å². The van der Waals surface area contributed by atoms with E-state index in [1.165, 1.54) is 12.1 Å². The lowest BCUT2D eigenvalue weighted by Crippen LogP contribution is -2.40. The van der Waals surface area contributed by atoms with E-state index in [0.29, 0.717) is 12.2 Å². The van der Waals surface area contributed by atoms with E-state index in [4.69, 9.17) is 0 Å². The number of halogens is 1. The number of hydrogen-bond acceptors (Lipinski definition) is 3. The standard InChI is InChI=1S/C18H24FN3O2/c1-3-18(4-2,13-23)12-20-17(24)11-15-9-10-22(21-15)16-7-5-14(19)6-8-16/h5-10,23H,3-4,11-13H2,1-2H3,(H,20,24). The molecule has 0 spiro atoms. The minimum Gasteiger partial charge on any atom is -0.396 e. The Balaban J connectivity index is 1.94. The maximum Gasteiger partial charge on any atom is 0.226 e. The van der Waals surface area contributed by atoms with Crippen molar-refractivity contribution in [3.05, 3.63) is 48.0 Å². The Morgan fingerprint density at radius 3 is 2.50 bits per heavy atom. The van der Waals surface area contributed by atoms with Crippen LogP contribution in [0.5, 0.6) is 0 Å². The molecule has 2 aromatic rings. The van der Waals surface area contributed by atoms with Crippen molar-refractivity contribution in [3.8, 4) is 5.69 Å². The van der Waals surface area contributed by atoms with Crippen LogP contribution in [0.3, 0.4) is 0 Å². The summed E-state index contributed by atoms with van der Waals surface area (Å²) < 4.78 is 14.6. The molecule has 0 atom stereocenters. The van der Waals surface area contributed by atoms with Crippen molar-refractivity contribution in [1.82, 2.24) is 15.1 Å². The van der Waals surface area contributed by atoms with Crippen LogP contribution in [0.1, 0.15) is 32.4 Å². The number of hydrogen-bond donors (Lipinski definition) is 2. The van der Waals surface area contributed by atoms with E-state index in [1.54, 1.807) is 29.1 Å². The molecule has 5 nitrogen and oxygen atoms in total. The molecule has 0 aliphatic rings. The molecule has 6 heteroatoms. The summed E-state index contributed by atoms with van der Waals surface area (Å²) in [7, 11) is 0. The first-order chi connectivity index (χ1) is 11.5. The maximum absolute atomic E-state index is 12.9. The number of nitrogens with one attached hydrogen (secondary N) is 1. The van der Waals surface area contributed by atoms with Crippen molar-refractivity contribution in [3.63, 3.8) is 0 Å². The third-order valence-corrected chi connectivity index (χ3v) is 4.57. The van der Waals surface area contributed by atoms with Gasteiger partial charge in [-0.3, -0.25) is 4.79 Å².